The number of hydrogen-bond acceptors (Lipinski definition) is 2. The Morgan fingerprint density at radius 3 is 2.67 bits per heavy atom. The van der Waals surface area contributed by atoms with Crippen LogP contribution in [0.4, 0.5) is 0 Å². The van der Waals surface area contributed by atoms with Crippen molar-refractivity contribution < 1.29 is 4.92 Å². The van der Waals surface area contributed by atoms with E-state index in [4.69, 9.17) is 0 Å². The lowest BCUT2D eigenvalue weighted by molar-refractivity contribution is -0.534. The highest BCUT2D eigenvalue weighted by Crippen LogP contribution is 2.45. The first-order chi connectivity index (χ1) is 5.74. The van der Waals surface area contributed by atoms with Gasteiger partial charge in [-0.2, -0.15) is 0 Å². The van der Waals surface area contributed by atoms with Gasteiger partial charge in [0.15, 0.2) is 0 Å². The molecule has 0 aromatic rings. The molecule has 4 atom stereocenters. The highest BCUT2D eigenvalue weighted by Gasteiger charge is 2.51. The fourth-order valence-electron chi connectivity index (χ4n) is 2.42. The lowest BCUT2D eigenvalue weighted by Gasteiger charge is -2.18. The molecule has 66 valence electrons. The Bertz CT molecular complexity index is 241. The summed E-state index contributed by atoms with van der Waals surface area (Å²) in [5.41, 5.74) is 0. The lowest BCUT2D eigenvalue weighted by Crippen LogP contribution is -2.33. The van der Waals surface area contributed by atoms with Crippen LogP contribution < -0.4 is 0 Å². The molecule has 2 aliphatic rings. The van der Waals surface area contributed by atoms with Crippen LogP contribution in [0.2, 0.25) is 0 Å². The second-order valence-electron chi connectivity index (χ2n) is 3.54. The number of fused-ring (bicyclic) bond motifs is 2. The summed E-state index contributed by atoms with van der Waals surface area (Å²) in [6, 6.07) is -0.334. The Balaban J connectivity index is 2.23. The zero-order chi connectivity index (χ0) is 8.72. The molecule has 2 bridgehead atoms. The maximum Gasteiger partial charge on any atom is 0.223 e. The van der Waals surface area contributed by atoms with E-state index < -0.39 is 0 Å². The summed E-state index contributed by atoms with van der Waals surface area (Å²) >= 11 is 3.35. The third-order valence-corrected chi connectivity index (χ3v) is 3.75. The van der Waals surface area contributed by atoms with Crippen LogP contribution >= 0.6 is 15.9 Å². The van der Waals surface area contributed by atoms with Gasteiger partial charge >= 0.3 is 0 Å². The third-order valence-electron chi connectivity index (χ3n) is 3.00. The molecular weight excluding hydrogens is 222 g/mol. The van der Waals surface area contributed by atoms with Gasteiger partial charge in [0.1, 0.15) is 0 Å². The van der Waals surface area contributed by atoms with Crippen molar-refractivity contribution in [3.63, 3.8) is 0 Å². The van der Waals surface area contributed by atoms with Gasteiger partial charge in [-0.25, -0.2) is 0 Å². The Morgan fingerprint density at radius 2 is 2.17 bits per heavy atom. The molecule has 1 fully saturated rings. The number of halogens is 1. The summed E-state index contributed by atoms with van der Waals surface area (Å²) in [5.74, 6) is 0.868. The average molecular weight is 232 g/mol. The summed E-state index contributed by atoms with van der Waals surface area (Å²) in [7, 11) is 0. The number of nitro groups is 1. The van der Waals surface area contributed by atoms with Crippen LogP contribution in [-0.2, 0) is 0 Å². The lowest BCUT2D eigenvalue weighted by atomic mass is 9.91. The van der Waals surface area contributed by atoms with Gasteiger partial charge in [-0.15, -0.1) is 0 Å². The largest absolute Gasteiger partial charge is 0.264 e. The van der Waals surface area contributed by atoms with E-state index in [0.29, 0.717) is 5.92 Å². The van der Waals surface area contributed by atoms with E-state index in [9.17, 15) is 10.1 Å². The van der Waals surface area contributed by atoms with Crippen LogP contribution in [0, 0.1) is 27.9 Å². The van der Waals surface area contributed by atoms with Crippen LogP contribution in [-0.4, -0.2) is 16.3 Å². The molecule has 0 aliphatic heterocycles. The number of rotatable bonds is 2. The van der Waals surface area contributed by atoms with Gasteiger partial charge in [-0.1, -0.05) is 28.1 Å². The zero-order valence-electron chi connectivity index (χ0n) is 6.52. The highest BCUT2D eigenvalue weighted by molar-refractivity contribution is 9.09. The van der Waals surface area contributed by atoms with E-state index in [0.717, 1.165) is 11.8 Å². The van der Waals surface area contributed by atoms with Crippen molar-refractivity contribution in [3.05, 3.63) is 22.3 Å². The van der Waals surface area contributed by atoms with Gasteiger partial charge in [-0.05, 0) is 12.3 Å². The molecule has 3 nitrogen and oxygen atoms in total. The van der Waals surface area contributed by atoms with Crippen molar-refractivity contribution in [2.24, 2.45) is 17.8 Å². The molecule has 0 heterocycles. The van der Waals surface area contributed by atoms with E-state index in [2.05, 4.69) is 22.0 Å². The number of allylic oxidation sites excluding steroid dienone is 1. The van der Waals surface area contributed by atoms with Crippen molar-refractivity contribution in [2.75, 3.05) is 5.33 Å². The van der Waals surface area contributed by atoms with E-state index in [1.165, 1.54) is 0 Å². The fourth-order valence-corrected chi connectivity index (χ4v) is 3.28. The van der Waals surface area contributed by atoms with Crippen molar-refractivity contribution in [2.45, 2.75) is 12.5 Å². The average Bonchev–Trinajstić information content (AvgIpc) is 2.60. The van der Waals surface area contributed by atoms with Crippen molar-refractivity contribution in [1.29, 1.82) is 0 Å². The standard InChI is InChI=1S/C8H10BrNO2/c9-4-7-5-1-2-6(3-5)8(7)10(11)12/h1-2,5-8H,3-4H2. The Labute approximate surface area is 79.1 Å². The topological polar surface area (TPSA) is 43.1 Å². The molecule has 0 amide bonds. The monoisotopic (exact) mass is 231 g/mol. The van der Waals surface area contributed by atoms with Gasteiger partial charge in [0.05, 0.1) is 0 Å². The predicted molar refractivity (Wildman–Crippen MR) is 48.8 cm³/mol. The summed E-state index contributed by atoms with van der Waals surface area (Å²) < 4.78 is 0. The highest BCUT2D eigenvalue weighted by atomic mass is 79.9. The molecule has 0 radical (unpaired) electrons. The van der Waals surface area contributed by atoms with Crippen LogP contribution in [0.5, 0.6) is 0 Å². The molecular formula is C8H10BrNO2. The van der Waals surface area contributed by atoms with Crippen LogP contribution in [0.25, 0.3) is 0 Å². The zero-order valence-corrected chi connectivity index (χ0v) is 8.11. The van der Waals surface area contributed by atoms with Gasteiger partial charge in [0, 0.05) is 22.1 Å². The first kappa shape index (κ1) is 8.23. The summed E-state index contributed by atoms with van der Waals surface area (Å²) in [4.78, 5) is 10.6. The van der Waals surface area contributed by atoms with Crippen LogP contribution in [0.3, 0.4) is 0 Å². The SMILES string of the molecule is O=[N+]([O-])C1C2C=CC(C2)C1CBr. The normalized spacial score (nSPS) is 43.8. The van der Waals surface area contributed by atoms with Gasteiger partial charge in [-0.3, -0.25) is 10.1 Å². The minimum atomic E-state index is -0.334. The molecule has 0 N–H and O–H groups in total. The van der Waals surface area contributed by atoms with Crippen molar-refractivity contribution in [3.8, 4) is 0 Å². The molecule has 0 spiro atoms. The first-order valence-corrected chi connectivity index (χ1v) is 5.24. The molecule has 0 aromatic carbocycles. The Kier molecular flexibility index (Phi) is 1.94. The maximum absolute atomic E-state index is 10.7. The maximum atomic E-state index is 10.7. The van der Waals surface area contributed by atoms with E-state index in [-0.39, 0.29) is 22.8 Å². The van der Waals surface area contributed by atoms with Gasteiger partial charge in [0.2, 0.25) is 6.04 Å². The summed E-state index contributed by atoms with van der Waals surface area (Å²) in [6.07, 6.45) is 5.13. The van der Waals surface area contributed by atoms with Crippen LogP contribution in [0.15, 0.2) is 12.2 Å². The number of hydrogen-bond donors (Lipinski definition) is 0. The molecule has 4 heteroatoms. The van der Waals surface area contributed by atoms with Crippen LogP contribution in [0.1, 0.15) is 6.42 Å². The molecule has 2 aliphatic carbocycles. The smallest absolute Gasteiger partial charge is 0.223 e. The second-order valence-corrected chi connectivity index (χ2v) is 4.19. The quantitative estimate of drug-likeness (QED) is 0.315. The Morgan fingerprint density at radius 1 is 1.50 bits per heavy atom. The Hall–Kier alpha value is -0.380. The van der Waals surface area contributed by atoms with Gasteiger partial charge in [0.25, 0.3) is 0 Å². The molecule has 1 saturated carbocycles. The molecule has 4 unspecified atom stereocenters. The minimum Gasteiger partial charge on any atom is -0.264 e. The van der Waals surface area contributed by atoms with Crippen molar-refractivity contribution in [1.82, 2.24) is 0 Å². The summed E-state index contributed by atoms with van der Waals surface area (Å²) in [5, 5.41) is 11.5. The minimum absolute atomic E-state index is 0.111. The molecule has 12 heavy (non-hydrogen) atoms. The summed E-state index contributed by atoms with van der Waals surface area (Å²) in [6.45, 7) is 0. The fraction of sp³-hybridized carbons (Fsp3) is 0.750. The molecule has 0 saturated heterocycles. The van der Waals surface area contributed by atoms with Crippen molar-refractivity contribution >= 4 is 15.9 Å². The third kappa shape index (κ3) is 1.01. The van der Waals surface area contributed by atoms with E-state index in [1.807, 2.05) is 6.08 Å². The molecule has 2 rings (SSSR count). The predicted octanol–water partition coefficient (Wildman–Crippen LogP) is 1.85. The molecule has 0 aromatic heterocycles. The first-order valence-electron chi connectivity index (χ1n) is 4.12. The second kappa shape index (κ2) is 2.83. The van der Waals surface area contributed by atoms with E-state index in [1.54, 1.807) is 0 Å². The number of nitrogens with zero attached hydrogens (tertiary/aromatic N) is 1. The van der Waals surface area contributed by atoms with E-state index >= 15 is 0 Å². The number of alkyl halides is 1. The van der Waals surface area contributed by atoms with Gasteiger partial charge < -0.3 is 0 Å².